The Labute approximate surface area is 182 Å². The zero-order valence-corrected chi connectivity index (χ0v) is 20.6. The van der Waals surface area contributed by atoms with Crippen molar-refractivity contribution in [3.8, 4) is 11.1 Å². The molecular weight excluding hydrogens is 442 g/mol. The van der Waals surface area contributed by atoms with Crippen molar-refractivity contribution < 1.29 is 23.3 Å². The molecule has 4 heteroatoms. The molecule has 4 rings (SSSR count). The van der Waals surface area contributed by atoms with Gasteiger partial charge in [-0.1, -0.05) is 54.5 Å². The van der Waals surface area contributed by atoms with Crippen LogP contribution in [0, 0.1) is 27.8 Å². The third kappa shape index (κ3) is 5.30. The van der Waals surface area contributed by atoms with Crippen molar-refractivity contribution >= 4 is 37.3 Å². The first-order valence-electron chi connectivity index (χ1n) is 7.18. The molecule has 0 amide bonds. The van der Waals surface area contributed by atoms with Crippen molar-refractivity contribution in [2.75, 3.05) is 0 Å². The summed E-state index contributed by atoms with van der Waals surface area (Å²) in [5, 5.41) is 0. The van der Waals surface area contributed by atoms with Gasteiger partial charge in [-0.05, 0) is 18.4 Å². The molecule has 0 aromatic heterocycles. The number of aryl methyl sites for hydroxylation is 1. The predicted molar refractivity (Wildman–Crippen MR) is 116 cm³/mol. The normalized spacial score (nSPS) is 11.8. The van der Waals surface area contributed by atoms with E-state index in [1.807, 2.05) is 6.88 Å². The summed E-state index contributed by atoms with van der Waals surface area (Å²) in [6.07, 6.45) is 8.64. The molecule has 2 aliphatic rings. The molecular formula is C21H25Cl2SiZr-3. The molecule has 0 fully saturated rings. The van der Waals surface area contributed by atoms with E-state index in [4.69, 9.17) is 0 Å². The summed E-state index contributed by atoms with van der Waals surface area (Å²) in [6, 6.07) is 14.7. The van der Waals surface area contributed by atoms with Crippen molar-refractivity contribution in [3.63, 3.8) is 0 Å². The van der Waals surface area contributed by atoms with E-state index in [0.717, 1.165) is 12.8 Å². The van der Waals surface area contributed by atoms with E-state index in [9.17, 15) is 0 Å². The first-order chi connectivity index (χ1) is 10.3. The summed E-state index contributed by atoms with van der Waals surface area (Å²) in [6.45, 7) is 4.15. The summed E-state index contributed by atoms with van der Waals surface area (Å²) >= 11 is 1.58. The first kappa shape index (κ1) is 26.8. The first-order valence-corrected chi connectivity index (χ1v) is 13.1. The zero-order chi connectivity index (χ0) is 14.8. The molecule has 2 aromatic carbocycles. The van der Waals surface area contributed by atoms with Crippen molar-refractivity contribution in [2.45, 2.75) is 19.8 Å². The third-order valence-corrected chi connectivity index (χ3v) is 4.12. The number of benzene rings is 2. The van der Waals surface area contributed by atoms with Crippen molar-refractivity contribution in [1.82, 2.24) is 0 Å². The summed E-state index contributed by atoms with van der Waals surface area (Å²) in [7, 11) is 0. The average molecular weight is 468 g/mol. The molecule has 2 aliphatic carbocycles. The maximum atomic E-state index is 3.67. The van der Waals surface area contributed by atoms with Crippen LogP contribution in [-0.2, 0) is 29.8 Å². The maximum absolute atomic E-state index is 3.67. The zero-order valence-electron chi connectivity index (χ0n) is 15.1. The molecule has 0 radical (unpaired) electrons. The summed E-state index contributed by atoms with van der Waals surface area (Å²) in [5.41, 5.74) is 9.60. The van der Waals surface area contributed by atoms with Gasteiger partial charge < -0.3 is 14.9 Å². The van der Waals surface area contributed by atoms with E-state index in [1.165, 1.54) is 39.0 Å². The van der Waals surface area contributed by atoms with Gasteiger partial charge in [0.2, 0.25) is 0 Å². The molecule has 0 saturated carbocycles. The molecule has 25 heavy (non-hydrogen) atoms. The van der Waals surface area contributed by atoms with Crippen LogP contribution in [0.1, 0.15) is 28.7 Å². The number of allylic oxidation sites excluding steroid dienone is 4. The Kier molecular flexibility index (Phi) is 13.0. The van der Waals surface area contributed by atoms with Gasteiger partial charge in [0.15, 0.2) is 0 Å². The average Bonchev–Trinajstić information content (AvgIpc) is 3.16. The minimum absolute atomic E-state index is 0. The summed E-state index contributed by atoms with van der Waals surface area (Å²) in [5.74, 6) is 0. The summed E-state index contributed by atoms with van der Waals surface area (Å²) < 4.78 is 0. The number of hydrogen-bond acceptors (Lipinski definition) is 0. The number of fused-ring (bicyclic) bond motifs is 3. The van der Waals surface area contributed by atoms with Crippen LogP contribution in [0.2, 0.25) is 0 Å². The second kappa shape index (κ2) is 12.1. The fourth-order valence-electron chi connectivity index (χ4n) is 3.17. The predicted octanol–water partition coefficient (Wildman–Crippen LogP) is 5.54. The van der Waals surface area contributed by atoms with Gasteiger partial charge in [-0.2, -0.15) is 0 Å². The van der Waals surface area contributed by atoms with Crippen LogP contribution in [-0.4, -0.2) is 6.88 Å². The van der Waals surface area contributed by atoms with E-state index in [-0.39, 0.29) is 39.7 Å². The van der Waals surface area contributed by atoms with Crippen LogP contribution in [0.5, 0.6) is 0 Å². The Balaban J connectivity index is 0. The minimum atomic E-state index is 0. The van der Waals surface area contributed by atoms with Gasteiger partial charge in [0.25, 0.3) is 0 Å². The number of hydrogen-bond donors (Lipinski definition) is 0. The molecule has 0 nitrogen and oxygen atoms in total. The van der Waals surface area contributed by atoms with Gasteiger partial charge in [0.1, 0.15) is 0 Å². The summed E-state index contributed by atoms with van der Waals surface area (Å²) in [4.78, 5) is 0. The van der Waals surface area contributed by atoms with Crippen molar-refractivity contribution in [2.24, 2.45) is 0 Å². The molecule has 0 atom stereocenters. The van der Waals surface area contributed by atoms with Gasteiger partial charge in [-0.3, -0.25) is 0 Å². The number of halogens is 2. The molecule has 0 saturated heterocycles. The third-order valence-electron chi connectivity index (χ3n) is 4.12. The Morgan fingerprint density at radius 2 is 1.72 bits per heavy atom. The fourth-order valence-corrected chi connectivity index (χ4v) is 3.17. The van der Waals surface area contributed by atoms with Gasteiger partial charge >= 0.3 is 30.2 Å². The molecule has 134 valence electrons. The Bertz CT molecular complexity index is 766. The quantitative estimate of drug-likeness (QED) is 0.326. The van der Waals surface area contributed by atoms with Crippen molar-refractivity contribution in [3.05, 3.63) is 91.7 Å². The van der Waals surface area contributed by atoms with Gasteiger partial charge in [0, 0.05) is 0 Å². The second-order valence-corrected chi connectivity index (χ2v) is 5.38. The Morgan fingerprint density at radius 3 is 2.36 bits per heavy atom. The Hall–Kier alpha value is -0.400. The molecule has 2 aromatic rings. The van der Waals surface area contributed by atoms with E-state index in [0.29, 0.717) is 0 Å². The Morgan fingerprint density at radius 1 is 1.04 bits per heavy atom. The monoisotopic (exact) mass is 465 g/mol. The van der Waals surface area contributed by atoms with Crippen molar-refractivity contribution in [1.29, 1.82) is 0 Å². The van der Waals surface area contributed by atoms with Crippen LogP contribution in [0.15, 0.2) is 48.6 Å². The van der Waals surface area contributed by atoms with E-state index in [2.05, 4.69) is 61.5 Å². The van der Waals surface area contributed by atoms with E-state index in [1.54, 1.807) is 23.3 Å². The van der Waals surface area contributed by atoms with Crippen LogP contribution >= 0.6 is 24.8 Å². The molecule has 0 unspecified atom stereocenters. The van der Waals surface area contributed by atoms with Gasteiger partial charge in [-0.25, -0.2) is 0 Å². The molecule has 0 heterocycles. The topological polar surface area (TPSA) is 0 Å². The number of rotatable bonds is 1. The second-order valence-electron chi connectivity index (χ2n) is 5.38. The standard InChI is InChI=1S/C19H15.2CH3.2ClH.H2Si.Zr/c1-13-10-19-16(11-15-8-4-5-9-17(15)19)12-18(13)14-6-2-3-7-14;;;;;;/h2-6,8-10H,7,11H2,1H3;2*1H3;2*1H;1H2;/q3*-1;;;;. The van der Waals surface area contributed by atoms with Crippen LogP contribution < -0.4 is 0 Å². The van der Waals surface area contributed by atoms with Gasteiger partial charge in [-0.15, -0.1) is 65.3 Å². The SMILES string of the molecule is Cc1cc2c([c-]c1C1=CC=CC1)Cc1ccccc1-2.Cl.Cl.[CH3-].[CH3-].[SiH2]=[Zr]. The van der Waals surface area contributed by atoms with E-state index >= 15 is 0 Å². The fraction of sp³-hybridized carbons (Fsp3) is 0.143. The van der Waals surface area contributed by atoms with Gasteiger partial charge in [0.05, 0.1) is 0 Å². The molecule has 0 bridgehead atoms. The molecule has 0 spiro atoms. The van der Waals surface area contributed by atoms with Crippen LogP contribution in [0.3, 0.4) is 0 Å². The van der Waals surface area contributed by atoms with Crippen LogP contribution in [0.25, 0.3) is 16.7 Å². The molecule has 0 aliphatic heterocycles. The van der Waals surface area contributed by atoms with Crippen LogP contribution in [0.4, 0.5) is 0 Å². The van der Waals surface area contributed by atoms with E-state index < -0.39 is 0 Å². The molecule has 0 N–H and O–H groups in total.